The van der Waals surface area contributed by atoms with Crippen LogP contribution in [0.4, 0.5) is 0 Å². The number of carbonyl (C=O) groups excluding carboxylic acids is 1. The highest BCUT2D eigenvalue weighted by molar-refractivity contribution is 7.08. The maximum Gasteiger partial charge on any atom is 0.252 e. The van der Waals surface area contributed by atoms with Crippen LogP contribution in [0.5, 0.6) is 0 Å². The van der Waals surface area contributed by atoms with Crippen molar-refractivity contribution in [3.8, 4) is 0 Å². The molecule has 98 valence electrons. The highest BCUT2D eigenvalue weighted by Gasteiger charge is 2.32. The second-order valence-electron chi connectivity index (χ2n) is 4.61. The second-order valence-corrected chi connectivity index (χ2v) is 5.35. The number of oxime groups is 1. The lowest BCUT2D eigenvalue weighted by Gasteiger charge is -2.19. The van der Waals surface area contributed by atoms with Gasteiger partial charge in [0.25, 0.3) is 5.91 Å². The van der Waals surface area contributed by atoms with Gasteiger partial charge in [-0.15, -0.1) is 0 Å². The van der Waals surface area contributed by atoms with Gasteiger partial charge in [-0.25, -0.2) is 0 Å². The van der Waals surface area contributed by atoms with Crippen LogP contribution in [0.1, 0.15) is 35.2 Å². The van der Waals surface area contributed by atoms with Crippen LogP contribution in [0.25, 0.3) is 0 Å². The Bertz CT molecular complexity index is 470. The third kappa shape index (κ3) is 2.48. The number of hydrogen-bond acceptors (Lipinski definition) is 4. The van der Waals surface area contributed by atoms with E-state index in [0.717, 1.165) is 24.8 Å². The summed E-state index contributed by atoms with van der Waals surface area (Å²) in [5.74, 6) is 0.0779. The van der Waals surface area contributed by atoms with Crippen LogP contribution in [-0.2, 0) is 0 Å². The van der Waals surface area contributed by atoms with Gasteiger partial charge in [0.05, 0.1) is 5.56 Å². The Labute approximate surface area is 110 Å². The maximum atomic E-state index is 12.1. The minimum Gasteiger partial charge on any atom is -0.409 e. The van der Waals surface area contributed by atoms with Crippen LogP contribution in [0.15, 0.2) is 15.9 Å². The molecule has 1 fully saturated rings. The first kappa shape index (κ1) is 12.9. The van der Waals surface area contributed by atoms with Gasteiger partial charge < -0.3 is 16.3 Å². The van der Waals surface area contributed by atoms with Gasteiger partial charge in [-0.05, 0) is 30.7 Å². The fourth-order valence-electron chi connectivity index (χ4n) is 2.40. The summed E-state index contributed by atoms with van der Waals surface area (Å²) >= 11 is 1.51. The molecule has 1 amide bonds. The number of rotatable bonds is 3. The van der Waals surface area contributed by atoms with Crippen LogP contribution < -0.4 is 11.1 Å². The molecule has 0 bridgehead atoms. The first-order valence-corrected chi connectivity index (χ1v) is 6.89. The van der Waals surface area contributed by atoms with Crippen LogP contribution in [0, 0.1) is 12.8 Å². The number of thiophene rings is 1. The highest BCUT2D eigenvalue weighted by atomic mass is 32.1. The number of aryl methyl sites for hydroxylation is 1. The van der Waals surface area contributed by atoms with Gasteiger partial charge in [0.15, 0.2) is 0 Å². The second kappa shape index (κ2) is 5.39. The van der Waals surface area contributed by atoms with E-state index in [9.17, 15) is 4.79 Å². The molecule has 1 aromatic heterocycles. The van der Waals surface area contributed by atoms with Crippen molar-refractivity contribution >= 4 is 23.1 Å². The molecule has 1 saturated carbocycles. The van der Waals surface area contributed by atoms with Crippen molar-refractivity contribution in [3.63, 3.8) is 0 Å². The molecule has 2 unspecified atom stereocenters. The molecule has 5 nitrogen and oxygen atoms in total. The summed E-state index contributed by atoms with van der Waals surface area (Å²) in [6, 6.07) is -0.0345. The van der Waals surface area contributed by atoms with Crippen molar-refractivity contribution in [1.29, 1.82) is 0 Å². The highest BCUT2D eigenvalue weighted by Crippen LogP contribution is 2.26. The van der Waals surface area contributed by atoms with Crippen molar-refractivity contribution in [2.45, 2.75) is 32.2 Å². The topological polar surface area (TPSA) is 87.7 Å². The van der Waals surface area contributed by atoms with Crippen LogP contribution in [0.2, 0.25) is 0 Å². The number of amidine groups is 1. The molecule has 6 heteroatoms. The van der Waals surface area contributed by atoms with E-state index in [4.69, 9.17) is 10.9 Å². The third-order valence-corrected chi connectivity index (χ3v) is 4.29. The fourth-order valence-corrected chi connectivity index (χ4v) is 3.23. The molecule has 2 atom stereocenters. The molecular formula is C12H17N3O2S. The zero-order valence-electron chi connectivity index (χ0n) is 10.2. The van der Waals surface area contributed by atoms with Gasteiger partial charge in [-0.1, -0.05) is 11.6 Å². The summed E-state index contributed by atoms with van der Waals surface area (Å²) in [6.45, 7) is 1.92. The molecule has 1 heterocycles. The van der Waals surface area contributed by atoms with Gasteiger partial charge in [-0.3, -0.25) is 4.79 Å². The van der Waals surface area contributed by atoms with E-state index in [-0.39, 0.29) is 23.7 Å². The van der Waals surface area contributed by atoms with Crippen LogP contribution in [-0.4, -0.2) is 23.0 Å². The lowest BCUT2D eigenvalue weighted by molar-refractivity contribution is 0.0933. The van der Waals surface area contributed by atoms with Gasteiger partial charge in [0.2, 0.25) is 0 Å². The molecule has 0 aromatic carbocycles. The Morgan fingerprint density at radius 1 is 1.56 bits per heavy atom. The van der Waals surface area contributed by atoms with E-state index in [1.54, 1.807) is 0 Å². The Morgan fingerprint density at radius 2 is 2.33 bits per heavy atom. The molecule has 1 aromatic rings. The predicted molar refractivity (Wildman–Crippen MR) is 71.1 cm³/mol. The SMILES string of the molecule is Cc1cscc1C(=O)NC1CCCC1C(N)=NO. The van der Waals surface area contributed by atoms with Crippen molar-refractivity contribution in [2.75, 3.05) is 0 Å². The van der Waals surface area contributed by atoms with Gasteiger partial charge in [0, 0.05) is 17.3 Å². The van der Waals surface area contributed by atoms with E-state index in [2.05, 4.69) is 10.5 Å². The Morgan fingerprint density at radius 3 is 2.94 bits per heavy atom. The number of nitrogens with zero attached hydrogens (tertiary/aromatic N) is 1. The Kier molecular flexibility index (Phi) is 3.86. The van der Waals surface area contributed by atoms with Crippen molar-refractivity contribution in [2.24, 2.45) is 16.8 Å². The summed E-state index contributed by atoms with van der Waals surface area (Å²) in [7, 11) is 0. The molecule has 0 spiro atoms. The smallest absolute Gasteiger partial charge is 0.252 e. The van der Waals surface area contributed by atoms with E-state index in [0.29, 0.717) is 5.56 Å². The molecule has 1 aliphatic rings. The zero-order valence-corrected chi connectivity index (χ0v) is 11.0. The van der Waals surface area contributed by atoms with Crippen LogP contribution in [0.3, 0.4) is 0 Å². The minimum absolute atomic E-state index is 0.0345. The van der Waals surface area contributed by atoms with Gasteiger partial charge in [0.1, 0.15) is 5.84 Å². The summed E-state index contributed by atoms with van der Waals surface area (Å²) in [5, 5.41) is 18.6. The quantitative estimate of drug-likeness (QED) is 0.337. The molecular weight excluding hydrogens is 250 g/mol. The van der Waals surface area contributed by atoms with E-state index in [1.807, 2.05) is 17.7 Å². The number of hydrogen-bond donors (Lipinski definition) is 3. The Balaban J connectivity index is 2.05. The predicted octanol–water partition coefficient (Wildman–Crippen LogP) is 1.70. The molecule has 0 aliphatic heterocycles. The normalized spacial score (nSPS) is 24.2. The van der Waals surface area contributed by atoms with Crippen molar-refractivity contribution in [1.82, 2.24) is 5.32 Å². The lowest BCUT2D eigenvalue weighted by Crippen LogP contribution is -2.42. The molecule has 0 saturated heterocycles. The first-order chi connectivity index (χ1) is 8.63. The Hall–Kier alpha value is -1.56. The average Bonchev–Trinajstić information content (AvgIpc) is 2.97. The lowest BCUT2D eigenvalue weighted by atomic mass is 10.0. The molecule has 1 aliphatic carbocycles. The standard InChI is InChI=1S/C12H17N3O2S/c1-7-5-18-6-9(7)12(16)14-10-4-2-3-8(10)11(13)15-17/h5-6,8,10,17H,2-4H2,1H3,(H2,13,15)(H,14,16). The van der Waals surface area contributed by atoms with E-state index in [1.165, 1.54) is 11.3 Å². The fraction of sp³-hybridized carbons (Fsp3) is 0.500. The molecule has 0 radical (unpaired) electrons. The largest absolute Gasteiger partial charge is 0.409 e. The van der Waals surface area contributed by atoms with E-state index >= 15 is 0 Å². The number of nitrogens with one attached hydrogen (secondary N) is 1. The zero-order chi connectivity index (χ0) is 13.1. The van der Waals surface area contributed by atoms with Gasteiger partial charge >= 0.3 is 0 Å². The monoisotopic (exact) mass is 267 g/mol. The third-order valence-electron chi connectivity index (χ3n) is 3.43. The van der Waals surface area contributed by atoms with Gasteiger partial charge in [-0.2, -0.15) is 11.3 Å². The average molecular weight is 267 g/mol. The minimum atomic E-state index is -0.0728. The summed E-state index contributed by atoms with van der Waals surface area (Å²) in [6.07, 6.45) is 2.70. The first-order valence-electron chi connectivity index (χ1n) is 5.94. The molecule has 2 rings (SSSR count). The van der Waals surface area contributed by atoms with E-state index < -0.39 is 0 Å². The number of nitrogens with two attached hydrogens (primary N) is 1. The number of amides is 1. The molecule has 18 heavy (non-hydrogen) atoms. The van der Waals surface area contributed by atoms with Crippen molar-refractivity contribution in [3.05, 3.63) is 21.9 Å². The van der Waals surface area contributed by atoms with Crippen molar-refractivity contribution < 1.29 is 10.0 Å². The summed E-state index contributed by atoms with van der Waals surface area (Å²) < 4.78 is 0. The number of carbonyl (C=O) groups is 1. The summed E-state index contributed by atoms with van der Waals surface area (Å²) in [4.78, 5) is 12.1. The van der Waals surface area contributed by atoms with Crippen LogP contribution >= 0.6 is 11.3 Å². The maximum absolute atomic E-state index is 12.1. The summed E-state index contributed by atoms with van der Waals surface area (Å²) in [5.41, 5.74) is 7.34. The molecule has 4 N–H and O–H groups in total.